The Morgan fingerprint density at radius 1 is 0.909 bits per heavy atom. The third-order valence-corrected chi connectivity index (χ3v) is 1.57. The summed E-state index contributed by atoms with van der Waals surface area (Å²) >= 11 is 0. The predicted molar refractivity (Wildman–Crippen MR) is 45.5 cm³/mol. The third-order valence-electron chi connectivity index (χ3n) is 1.57. The van der Waals surface area contributed by atoms with Crippen molar-refractivity contribution in [2.24, 2.45) is 0 Å². The molecule has 0 radical (unpaired) electrons. The van der Waals surface area contributed by atoms with Crippen LogP contribution in [0.25, 0.3) is 0 Å². The molecule has 62 valence electrons. The summed E-state index contributed by atoms with van der Waals surface area (Å²) in [4.78, 5) is 2.86. The van der Waals surface area contributed by atoms with Gasteiger partial charge in [0.05, 0.1) is 0 Å². The molecule has 1 saturated heterocycles. The molecule has 2 heterocycles. The Bertz CT molecular complexity index is 116. The highest BCUT2D eigenvalue weighted by molar-refractivity contribution is 4.84. The largest absolute Gasteiger partial charge is 0.381 e. The monoisotopic (exact) mass is 153 g/mol. The summed E-state index contributed by atoms with van der Waals surface area (Å²) in [5, 5.41) is 0. The number of H-pyrrole nitrogens is 1. The second kappa shape index (κ2) is 5.98. The van der Waals surface area contributed by atoms with Crippen molar-refractivity contribution in [3.05, 3.63) is 24.5 Å². The molecule has 0 spiro atoms. The molecular formula is C9H15NO. The van der Waals surface area contributed by atoms with E-state index in [0.717, 1.165) is 13.2 Å². The van der Waals surface area contributed by atoms with Gasteiger partial charge in [0.15, 0.2) is 0 Å². The van der Waals surface area contributed by atoms with Gasteiger partial charge in [-0.2, -0.15) is 0 Å². The van der Waals surface area contributed by atoms with Gasteiger partial charge in [0.25, 0.3) is 0 Å². The molecule has 0 amide bonds. The first-order valence-electron chi connectivity index (χ1n) is 4.15. The Hall–Kier alpha value is -0.760. The topological polar surface area (TPSA) is 25.0 Å². The van der Waals surface area contributed by atoms with Crippen LogP contribution < -0.4 is 0 Å². The van der Waals surface area contributed by atoms with Crippen molar-refractivity contribution >= 4 is 0 Å². The standard InChI is InChI=1S/C5H10O.C4H5N/c1-2-4-6-5-3-1;1-2-4-5-3-1/h1-5H2;1-5H. The minimum absolute atomic E-state index is 1.00. The fourth-order valence-corrected chi connectivity index (χ4v) is 0.965. The van der Waals surface area contributed by atoms with E-state index in [-0.39, 0.29) is 0 Å². The van der Waals surface area contributed by atoms with Gasteiger partial charge in [0, 0.05) is 25.6 Å². The van der Waals surface area contributed by atoms with Crippen molar-refractivity contribution in [2.75, 3.05) is 13.2 Å². The van der Waals surface area contributed by atoms with Gasteiger partial charge in [-0.25, -0.2) is 0 Å². The predicted octanol–water partition coefficient (Wildman–Crippen LogP) is 2.20. The van der Waals surface area contributed by atoms with Gasteiger partial charge >= 0.3 is 0 Å². The molecule has 0 aliphatic carbocycles. The van der Waals surface area contributed by atoms with Gasteiger partial charge in [-0.1, -0.05) is 0 Å². The summed E-state index contributed by atoms with van der Waals surface area (Å²) in [7, 11) is 0. The van der Waals surface area contributed by atoms with Crippen LogP contribution in [0.15, 0.2) is 24.5 Å². The van der Waals surface area contributed by atoms with E-state index in [4.69, 9.17) is 4.74 Å². The molecule has 1 aromatic heterocycles. The molecule has 2 rings (SSSR count). The number of hydrogen-bond acceptors (Lipinski definition) is 1. The highest BCUT2D eigenvalue weighted by Crippen LogP contribution is 2.02. The maximum Gasteiger partial charge on any atom is 0.0466 e. The maximum absolute atomic E-state index is 5.07. The molecular weight excluding hydrogens is 138 g/mol. The van der Waals surface area contributed by atoms with E-state index in [1.54, 1.807) is 0 Å². The number of aromatic nitrogens is 1. The van der Waals surface area contributed by atoms with Crippen molar-refractivity contribution in [3.8, 4) is 0 Å². The normalized spacial score (nSPS) is 16.7. The van der Waals surface area contributed by atoms with Crippen LogP contribution >= 0.6 is 0 Å². The zero-order valence-electron chi connectivity index (χ0n) is 6.75. The second-order valence-electron chi connectivity index (χ2n) is 2.56. The van der Waals surface area contributed by atoms with E-state index < -0.39 is 0 Å². The Kier molecular flexibility index (Phi) is 4.54. The summed E-state index contributed by atoms with van der Waals surface area (Å²) in [6.07, 6.45) is 7.68. The Labute approximate surface area is 67.6 Å². The molecule has 2 heteroatoms. The summed E-state index contributed by atoms with van der Waals surface area (Å²) in [5.74, 6) is 0. The van der Waals surface area contributed by atoms with E-state index in [2.05, 4.69) is 4.98 Å². The first-order valence-corrected chi connectivity index (χ1v) is 4.15. The van der Waals surface area contributed by atoms with Crippen LogP contribution in [-0.4, -0.2) is 18.2 Å². The van der Waals surface area contributed by atoms with Crippen molar-refractivity contribution < 1.29 is 4.74 Å². The van der Waals surface area contributed by atoms with Crippen LogP contribution in [0.3, 0.4) is 0 Å². The van der Waals surface area contributed by atoms with Crippen molar-refractivity contribution in [1.82, 2.24) is 4.98 Å². The molecule has 0 aromatic carbocycles. The van der Waals surface area contributed by atoms with Gasteiger partial charge < -0.3 is 9.72 Å². The molecule has 1 fully saturated rings. The zero-order valence-corrected chi connectivity index (χ0v) is 6.75. The number of hydrogen-bond donors (Lipinski definition) is 1. The lowest BCUT2D eigenvalue weighted by atomic mass is 10.2. The highest BCUT2D eigenvalue weighted by atomic mass is 16.5. The quantitative estimate of drug-likeness (QED) is 0.607. The van der Waals surface area contributed by atoms with Gasteiger partial charge in [-0.05, 0) is 31.4 Å². The van der Waals surface area contributed by atoms with Crippen LogP contribution in [0.4, 0.5) is 0 Å². The summed E-state index contributed by atoms with van der Waals surface area (Å²) in [5.41, 5.74) is 0. The smallest absolute Gasteiger partial charge is 0.0466 e. The van der Waals surface area contributed by atoms with Crippen LogP contribution in [0.5, 0.6) is 0 Å². The van der Waals surface area contributed by atoms with Crippen LogP contribution in [0.2, 0.25) is 0 Å². The Balaban J connectivity index is 0.000000112. The number of aromatic amines is 1. The highest BCUT2D eigenvalue weighted by Gasteiger charge is 1.94. The lowest BCUT2D eigenvalue weighted by molar-refractivity contribution is 0.0968. The van der Waals surface area contributed by atoms with Crippen LogP contribution in [0, 0.1) is 0 Å². The molecule has 1 aliphatic heterocycles. The maximum atomic E-state index is 5.07. The minimum atomic E-state index is 1.00. The van der Waals surface area contributed by atoms with E-state index in [9.17, 15) is 0 Å². The fourth-order valence-electron chi connectivity index (χ4n) is 0.965. The SMILES string of the molecule is C1CCOCC1.c1cc[nH]c1. The summed E-state index contributed by atoms with van der Waals surface area (Å²) in [6, 6.07) is 3.89. The van der Waals surface area contributed by atoms with Crippen molar-refractivity contribution in [3.63, 3.8) is 0 Å². The molecule has 1 aromatic rings. The number of nitrogens with one attached hydrogen (secondary N) is 1. The first-order chi connectivity index (χ1) is 5.50. The van der Waals surface area contributed by atoms with Crippen LogP contribution in [-0.2, 0) is 4.74 Å². The lowest BCUT2D eigenvalue weighted by Gasteiger charge is -2.08. The molecule has 0 atom stereocenters. The molecule has 1 N–H and O–H groups in total. The van der Waals surface area contributed by atoms with Crippen molar-refractivity contribution in [1.29, 1.82) is 0 Å². The van der Waals surface area contributed by atoms with Crippen LogP contribution in [0.1, 0.15) is 19.3 Å². The molecule has 0 unspecified atom stereocenters. The van der Waals surface area contributed by atoms with Gasteiger partial charge in [0.1, 0.15) is 0 Å². The zero-order chi connectivity index (χ0) is 7.78. The molecule has 1 aliphatic rings. The van der Waals surface area contributed by atoms with E-state index in [1.807, 2.05) is 24.5 Å². The van der Waals surface area contributed by atoms with Crippen molar-refractivity contribution in [2.45, 2.75) is 19.3 Å². The van der Waals surface area contributed by atoms with E-state index in [0.29, 0.717) is 0 Å². The summed E-state index contributed by atoms with van der Waals surface area (Å²) in [6.45, 7) is 2.00. The Morgan fingerprint density at radius 2 is 1.55 bits per heavy atom. The number of ether oxygens (including phenoxy) is 1. The minimum Gasteiger partial charge on any atom is -0.381 e. The number of rotatable bonds is 0. The van der Waals surface area contributed by atoms with Gasteiger partial charge in [0.2, 0.25) is 0 Å². The molecule has 2 nitrogen and oxygen atoms in total. The van der Waals surface area contributed by atoms with E-state index in [1.165, 1.54) is 19.3 Å². The summed E-state index contributed by atoms with van der Waals surface area (Å²) < 4.78 is 5.07. The fraction of sp³-hybridized carbons (Fsp3) is 0.556. The van der Waals surface area contributed by atoms with Gasteiger partial charge in [-0.15, -0.1) is 0 Å². The molecule has 11 heavy (non-hydrogen) atoms. The third kappa shape index (κ3) is 4.62. The lowest BCUT2D eigenvalue weighted by Crippen LogP contribution is -2.03. The average molecular weight is 153 g/mol. The Morgan fingerprint density at radius 3 is 1.73 bits per heavy atom. The van der Waals surface area contributed by atoms with Gasteiger partial charge in [-0.3, -0.25) is 0 Å². The average Bonchev–Trinajstić information content (AvgIpc) is 2.64. The van der Waals surface area contributed by atoms with E-state index >= 15 is 0 Å². The second-order valence-corrected chi connectivity index (χ2v) is 2.56. The molecule has 0 saturated carbocycles. The first kappa shape index (κ1) is 8.34. The molecule has 0 bridgehead atoms.